The molecule has 24 heavy (non-hydrogen) atoms. The van der Waals surface area contributed by atoms with Crippen molar-refractivity contribution in [1.29, 1.82) is 0 Å². The number of Topliss-reactive ketones (excluding diaryl/α,β-unsaturated/α-hetero) is 1. The summed E-state index contributed by atoms with van der Waals surface area (Å²) in [7, 11) is 3.04. The van der Waals surface area contributed by atoms with Gasteiger partial charge < -0.3 is 24.4 Å². The Balaban J connectivity index is 2.07. The zero-order valence-electron chi connectivity index (χ0n) is 12.8. The summed E-state index contributed by atoms with van der Waals surface area (Å²) in [5, 5.41) is 19.4. The zero-order valence-corrected chi connectivity index (χ0v) is 14.4. The van der Waals surface area contributed by atoms with Crippen LogP contribution in [0.5, 0.6) is 28.7 Å². The number of phenolic OH excluding ortho intramolecular Hbond substituents is 2. The molecule has 0 saturated heterocycles. The average molecular weight is 393 g/mol. The van der Waals surface area contributed by atoms with Crippen molar-refractivity contribution < 1.29 is 29.2 Å². The average Bonchev–Trinajstić information content (AvgIpc) is 2.88. The number of aromatic hydroxyl groups is 2. The number of ketones is 1. The van der Waals surface area contributed by atoms with E-state index in [0.717, 1.165) is 0 Å². The molecule has 0 atom stereocenters. The monoisotopic (exact) mass is 392 g/mol. The molecule has 0 spiro atoms. The van der Waals surface area contributed by atoms with Gasteiger partial charge in [-0.25, -0.2) is 0 Å². The van der Waals surface area contributed by atoms with E-state index in [0.29, 0.717) is 21.5 Å². The van der Waals surface area contributed by atoms with E-state index < -0.39 is 11.5 Å². The summed E-state index contributed by atoms with van der Waals surface area (Å²) in [6, 6.07) is 6.03. The van der Waals surface area contributed by atoms with Gasteiger partial charge in [0.1, 0.15) is 11.5 Å². The van der Waals surface area contributed by atoms with Crippen molar-refractivity contribution in [3.63, 3.8) is 0 Å². The Hall–Kier alpha value is -2.67. The van der Waals surface area contributed by atoms with Crippen LogP contribution in [0.4, 0.5) is 0 Å². The third kappa shape index (κ3) is 2.56. The number of carbonyl (C=O) groups is 1. The summed E-state index contributed by atoms with van der Waals surface area (Å²) in [6.45, 7) is 0. The van der Waals surface area contributed by atoms with Crippen LogP contribution in [0.1, 0.15) is 15.9 Å². The van der Waals surface area contributed by atoms with Crippen molar-refractivity contribution in [1.82, 2.24) is 0 Å². The number of allylic oxidation sites excluding steroid dienone is 1. The maximum absolute atomic E-state index is 12.4. The van der Waals surface area contributed by atoms with E-state index in [1.165, 1.54) is 32.4 Å². The highest BCUT2D eigenvalue weighted by molar-refractivity contribution is 9.10. The van der Waals surface area contributed by atoms with Crippen molar-refractivity contribution in [2.45, 2.75) is 0 Å². The number of ether oxygens (including phenoxy) is 3. The second kappa shape index (κ2) is 6.09. The van der Waals surface area contributed by atoms with Crippen LogP contribution >= 0.6 is 15.9 Å². The number of benzene rings is 2. The third-order valence-corrected chi connectivity index (χ3v) is 4.20. The predicted molar refractivity (Wildman–Crippen MR) is 90.0 cm³/mol. The largest absolute Gasteiger partial charge is 0.504 e. The van der Waals surface area contributed by atoms with Crippen LogP contribution in [0.2, 0.25) is 0 Å². The van der Waals surface area contributed by atoms with E-state index in [1.807, 2.05) is 0 Å². The minimum Gasteiger partial charge on any atom is -0.504 e. The van der Waals surface area contributed by atoms with Gasteiger partial charge in [-0.15, -0.1) is 0 Å². The number of hydrogen-bond donors (Lipinski definition) is 2. The van der Waals surface area contributed by atoms with E-state index in [2.05, 4.69) is 15.9 Å². The van der Waals surface area contributed by atoms with Crippen LogP contribution in [0.3, 0.4) is 0 Å². The van der Waals surface area contributed by atoms with Crippen LogP contribution in [-0.2, 0) is 0 Å². The summed E-state index contributed by atoms with van der Waals surface area (Å²) in [6.07, 6.45) is 1.50. The van der Waals surface area contributed by atoms with Gasteiger partial charge in [0, 0.05) is 11.6 Å². The van der Waals surface area contributed by atoms with Gasteiger partial charge >= 0.3 is 0 Å². The maximum Gasteiger partial charge on any atom is 0.232 e. The third-order valence-electron chi connectivity index (χ3n) is 3.58. The van der Waals surface area contributed by atoms with Crippen LogP contribution < -0.4 is 14.2 Å². The minimum atomic E-state index is -0.466. The van der Waals surface area contributed by atoms with E-state index in [-0.39, 0.29) is 22.8 Å². The van der Waals surface area contributed by atoms with Gasteiger partial charge in [-0.05, 0) is 40.2 Å². The predicted octanol–water partition coefficient (Wildman–Crippen LogP) is 3.49. The van der Waals surface area contributed by atoms with Gasteiger partial charge in [0.05, 0.1) is 24.3 Å². The molecule has 124 valence electrons. The number of halogens is 1. The Morgan fingerprint density at radius 1 is 1.12 bits per heavy atom. The molecule has 6 nitrogen and oxygen atoms in total. The maximum atomic E-state index is 12.4. The molecular weight excluding hydrogens is 380 g/mol. The second-order valence-electron chi connectivity index (χ2n) is 4.98. The highest BCUT2D eigenvalue weighted by Crippen LogP contribution is 2.44. The van der Waals surface area contributed by atoms with Gasteiger partial charge in [0.15, 0.2) is 17.3 Å². The molecule has 0 aromatic heterocycles. The molecule has 3 rings (SSSR count). The molecule has 0 amide bonds. The first-order valence-electron chi connectivity index (χ1n) is 6.87. The lowest BCUT2D eigenvalue weighted by molar-refractivity contribution is 0.101. The van der Waals surface area contributed by atoms with Crippen LogP contribution in [-0.4, -0.2) is 30.2 Å². The Morgan fingerprint density at radius 2 is 1.83 bits per heavy atom. The van der Waals surface area contributed by atoms with Crippen LogP contribution in [0.25, 0.3) is 6.08 Å². The molecule has 2 aromatic rings. The second-order valence-corrected chi connectivity index (χ2v) is 5.83. The summed E-state index contributed by atoms with van der Waals surface area (Å²) in [4.78, 5) is 12.4. The van der Waals surface area contributed by atoms with Crippen molar-refractivity contribution >= 4 is 27.8 Å². The van der Waals surface area contributed by atoms with Gasteiger partial charge in [-0.3, -0.25) is 4.79 Å². The smallest absolute Gasteiger partial charge is 0.232 e. The van der Waals surface area contributed by atoms with Crippen molar-refractivity contribution in [2.24, 2.45) is 0 Å². The number of rotatable bonds is 3. The molecule has 2 aromatic carbocycles. The quantitative estimate of drug-likeness (QED) is 0.614. The van der Waals surface area contributed by atoms with Gasteiger partial charge in [-0.1, -0.05) is 0 Å². The Morgan fingerprint density at radius 3 is 2.50 bits per heavy atom. The molecule has 0 fully saturated rings. The Bertz CT molecular complexity index is 872. The van der Waals surface area contributed by atoms with E-state index in [1.54, 1.807) is 12.1 Å². The van der Waals surface area contributed by atoms with Crippen LogP contribution in [0, 0.1) is 0 Å². The minimum absolute atomic E-state index is 0.0151. The lowest BCUT2D eigenvalue weighted by atomic mass is 10.1. The van der Waals surface area contributed by atoms with Crippen molar-refractivity contribution in [3.05, 3.63) is 45.6 Å². The highest BCUT2D eigenvalue weighted by atomic mass is 79.9. The number of fused-ring (bicyclic) bond motifs is 1. The Labute approximate surface area is 146 Å². The summed E-state index contributed by atoms with van der Waals surface area (Å²) in [5.74, 6) is -0.187. The standard InChI is InChI=1S/C17H13BrO6/c1-22-12-7-13(23-2)10(18)5-8(12)6-14-15(20)9-3-4-11(19)16(21)17(9)24-14/h3-7,19,21H,1-2H3/b14-6-. The fourth-order valence-electron chi connectivity index (χ4n) is 2.36. The molecule has 0 saturated carbocycles. The first-order valence-corrected chi connectivity index (χ1v) is 7.66. The number of methoxy groups -OCH3 is 2. The van der Waals surface area contributed by atoms with E-state index >= 15 is 0 Å². The first kappa shape index (κ1) is 16.2. The normalized spacial score (nSPS) is 14.5. The number of phenols is 2. The molecule has 2 N–H and O–H groups in total. The Kier molecular flexibility index (Phi) is 4.11. The van der Waals surface area contributed by atoms with E-state index in [4.69, 9.17) is 14.2 Å². The number of hydrogen-bond acceptors (Lipinski definition) is 6. The van der Waals surface area contributed by atoms with Crippen LogP contribution in [0.15, 0.2) is 34.5 Å². The summed E-state index contributed by atoms with van der Waals surface area (Å²) >= 11 is 3.38. The van der Waals surface area contributed by atoms with Gasteiger partial charge in [0.2, 0.25) is 11.5 Å². The highest BCUT2D eigenvalue weighted by Gasteiger charge is 2.31. The topological polar surface area (TPSA) is 85.2 Å². The van der Waals surface area contributed by atoms with Crippen molar-refractivity contribution in [2.75, 3.05) is 14.2 Å². The lowest BCUT2D eigenvalue weighted by Gasteiger charge is -2.10. The molecule has 0 bridgehead atoms. The van der Waals surface area contributed by atoms with Gasteiger partial charge in [0.25, 0.3) is 0 Å². The van der Waals surface area contributed by atoms with E-state index in [9.17, 15) is 15.0 Å². The molecule has 0 radical (unpaired) electrons. The molecule has 1 heterocycles. The molecule has 0 unspecified atom stereocenters. The fourth-order valence-corrected chi connectivity index (χ4v) is 2.89. The first-order chi connectivity index (χ1) is 11.5. The fraction of sp³-hybridized carbons (Fsp3) is 0.118. The molecule has 7 heteroatoms. The molecular formula is C17H13BrO6. The zero-order chi connectivity index (χ0) is 17.4. The molecule has 1 aliphatic heterocycles. The molecule has 0 aliphatic carbocycles. The van der Waals surface area contributed by atoms with Crippen molar-refractivity contribution in [3.8, 4) is 28.7 Å². The summed E-state index contributed by atoms with van der Waals surface area (Å²) in [5.41, 5.74) is 0.771. The van der Waals surface area contributed by atoms with Gasteiger partial charge in [-0.2, -0.15) is 0 Å². The lowest BCUT2D eigenvalue weighted by Crippen LogP contribution is -1.99. The number of carbonyl (C=O) groups excluding carboxylic acids is 1. The summed E-state index contributed by atoms with van der Waals surface area (Å²) < 4.78 is 16.6. The molecule has 1 aliphatic rings. The SMILES string of the molecule is COc1cc(OC)c(/C=C2\Oc3c(ccc(O)c3O)C2=O)cc1Br.